The first-order chi connectivity index (χ1) is 13.2. The quantitative estimate of drug-likeness (QED) is 0.662. The lowest BCUT2D eigenvalue weighted by Gasteiger charge is -2.23. The van der Waals surface area contributed by atoms with Crippen molar-refractivity contribution in [1.29, 1.82) is 5.26 Å². The van der Waals surface area contributed by atoms with Crippen LogP contribution in [0.5, 0.6) is 11.5 Å². The minimum atomic E-state index is -0.153. The number of benzene rings is 3. The summed E-state index contributed by atoms with van der Waals surface area (Å²) in [6, 6.07) is 20.8. The fraction of sp³-hybridized carbons (Fsp3) is 0.182. The van der Waals surface area contributed by atoms with E-state index in [1.807, 2.05) is 55.5 Å². The Labute approximate surface area is 158 Å². The molecule has 0 fully saturated rings. The summed E-state index contributed by atoms with van der Waals surface area (Å²) in [5.41, 5.74) is 1.33. The molecule has 3 aromatic rings. The molecule has 0 saturated carbocycles. The molecular weight excluding hydrogens is 340 g/mol. The van der Waals surface area contributed by atoms with Gasteiger partial charge in [-0.25, -0.2) is 0 Å². The van der Waals surface area contributed by atoms with Gasteiger partial charge in [0.2, 0.25) is 0 Å². The number of carbonyl (C=O) groups is 1. The number of carbonyl (C=O) groups excluding carboxylic acids is 1. The van der Waals surface area contributed by atoms with E-state index in [-0.39, 0.29) is 12.5 Å². The summed E-state index contributed by atoms with van der Waals surface area (Å²) in [4.78, 5) is 14.5. The van der Waals surface area contributed by atoms with Crippen LogP contribution in [0.1, 0.15) is 12.5 Å². The van der Waals surface area contributed by atoms with Crippen LogP contribution >= 0.6 is 0 Å². The maximum Gasteiger partial charge on any atom is 0.264 e. The number of fused-ring (bicyclic) bond motifs is 1. The predicted molar refractivity (Wildman–Crippen MR) is 105 cm³/mol. The minimum Gasteiger partial charge on any atom is -0.493 e. The zero-order valence-corrected chi connectivity index (χ0v) is 15.3. The normalized spacial score (nSPS) is 10.3. The van der Waals surface area contributed by atoms with Crippen molar-refractivity contribution in [3.8, 4) is 17.6 Å². The van der Waals surface area contributed by atoms with Crippen LogP contribution < -0.4 is 14.4 Å². The van der Waals surface area contributed by atoms with Crippen LogP contribution in [0.2, 0.25) is 0 Å². The summed E-state index contributed by atoms with van der Waals surface area (Å²) < 4.78 is 10.9. The zero-order valence-electron chi connectivity index (χ0n) is 15.3. The lowest BCUT2D eigenvalue weighted by Crippen LogP contribution is -2.35. The van der Waals surface area contributed by atoms with E-state index < -0.39 is 0 Å². The van der Waals surface area contributed by atoms with E-state index in [0.29, 0.717) is 23.6 Å². The molecule has 0 radical (unpaired) electrons. The smallest absolute Gasteiger partial charge is 0.264 e. The molecule has 27 heavy (non-hydrogen) atoms. The fourth-order valence-electron chi connectivity index (χ4n) is 3.00. The van der Waals surface area contributed by atoms with Gasteiger partial charge in [-0.3, -0.25) is 4.79 Å². The maximum atomic E-state index is 12.8. The van der Waals surface area contributed by atoms with E-state index in [1.165, 1.54) is 7.11 Å². The van der Waals surface area contributed by atoms with E-state index in [4.69, 9.17) is 14.7 Å². The monoisotopic (exact) mass is 360 g/mol. The summed E-state index contributed by atoms with van der Waals surface area (Å²) in [6.07, 6.45) is 0. The number of nitriles is 1. The highest BCUT2D eigenvalue weighted by Gasteiger charge is 2.17. The van der Waals surface area contributed by atoms with Crippen molar-refractivity contribution in [1.82, 2.24) is 0 Å². The summed E-state index contributed by atoms with van der Waals surface area (Å²) >= 11 is 0. The Kier molecular flexibility index (Phi) is 5.58. The van der Waals surface area contributed by atoms with E-state index in [9.17, 15) is 4.79 Å². The second-order valence-corrected chi connectivity index (χ2v) is 5.90. The molecule has 1 amide bonds. The van der Waals surface area contributed by atoms with Crippen LogP contribution in [0, 0.1) is 11.3 Å². The molecule has 136 valence electrons. The van der Waals surface area contributed by atoms with Crippen molar-refractivity contribution in [2.24, 2.45) is 0 Å². The predicted octanol–water partition coefficient (Wildman–Crippen LogP) is 4.15. The second kappa shape index (κ2) is 8.24. The van der Waals surface area contributed by atoms with Crippen molar-refractivity contribution in [3.63, 3.8) is 0 Å². The number of likely N-dealkylation sites (N-methyl/N-ethyl adjacent to an activating group) is 1. The van der Waals surface area contributed by atoms with Crippen LogP contribution in [-0.2, 0) is 4.79 Å². The molecule has 0 bridgehead atoms. The van der Waals surface area contributed by atoms with Gasteiger partial charge >= 0.3 is 0 Å². The summed E-state index contributed by atoms with van der Waals surface area (Å²) in [7, 11) is 1.50. The Morgan fingerprint density at radius 3 is 2.59 bits per heavy atom. The third-order valence-corrected chi connectivity index (χ3v) is 4.32. The van der Waals surface area contributed by atoms with Gasteiger partial charge in [-0.15, -0.1) is 0 Å². The molecule has 0 aliphatic heterocycles. The molecule has 0 spiro atoms. The van der Waals surface area contributed by atoms with Crippen molar-refractivity contribution in [2.45, 2.75) is 6.92 Å². The molecule has 0 aromatic heterocycles. The molecule has 5 heteroatoms. The van der Waals surface area contributed by atoms with Crippen molar-refractivity contribution < 1.29 is 14.3 Å². The second-order valence-electron chi connectivity index (χ2n) is 5.90. The number of hydrogen-bond donors (Lipinski definition) is 0. The zero-order chi connectivity index (χ0) is 19.2. The van der Waals surface area contributed by atoms with Crippen LogP contribution in [0.4, 0.5) is 5.69 Å². The number of anilines is 1. The number of nitrogens with zero attached hydrogens (tertiary/aromatic N) is 2. The van der Waals surface area contributed by atoms with E-state index in [1.54, 1.807) is 23.1 Å². The molecule has 0 atom stereocenters. The summed E-state index contributed by atoms with van der Waals surface area (Å²) in [5.74, 6) is 0.703. The minimum absolute atomic E-state index is 0.126. The largest absolute Gasteiger partial charge is 0.493 e. The number of amides is 1. The van der Waals surface area contributed by atoms with Crippen LogP contribution in [-0.4, -0.2) is 26.2 Å². The topological polar surface area (TPSA) is 62.6 Å². The number of rotatable bonds is 6. The van der Waals surface area contributed by atoms with E-state index in [0.717, 1.165) is 16.5 Å². The molecule has 0 aliphatic carbocycles. The molecule has 0 unspecified atom stereocenters. The first-order valence-corrected chi connectivity index (χ1v) is 8.67. The van der Waals surface area contributed by atoms with Crippen LogP contribution in [0.3, 0.4) is 0 Å². The Morgan fingerprint density at radius 1 is 1.07 bits per heavy atom. The maximum absolute atomic E-state index is 12.8. The number of methoxy groups -OCH3 is 1. The third-order valence-electron chi connectivity index (χ3n) is 4.32. The highest BCUT2D eigenvalue weighted by atomic mass is 16.5. The average Bonchev–Trinajstić information content (AvgIpc) is 2.72. The molecule has 3 rings (SSSR count). The van der Waals surface area contributed by atoms with Crippen molar-refractivity contribution >= 4 is 22.4 Å². The van der Waals surface area contributed by atoms with Crippen LogP contribution in [0.25, 0.3) is 10.8 Å². The van der Waals surface area contributed by atoms with Gasteiger partial charge in [0.1, 0.15) is 0 Å². The molecule has 0 N–H and O–H groups in total. The van der Waals surface area contributed by atoms with Gasteiger partial charge in [0.15, 0.2) is 18.1 Å². The summed E-state index contributed by atoms with van der Waals surface area (Å²) in [6.45, 7) is 2.34. The highest BCUT2D eigenvalue weighted by Crippen LogP contribution is 2.29. The Morgan fingerprint density at radius 2 is 1.85 bits per heavy atom. The van der Waals surface area contributed by atoms with Gasteiger partial charge in [0, 0.05) is 18.0 Å². The fourth-order valence-corrected chi connectivity index (χ4v) is 3.00. The van der Waals surface area contributed by atoms with Gasteiger partial charge < -0.3 is 14.4 Å². The van der Waals surface area contributed by atoms with E-state index >= 15 is 0 Å². The number of ether oxygens (including phenoxy) is 2. The van der Waals surface area contributed by atoms with E-state index in [2.05, 4.69) is 0 Å². The summed E-state index contributed by atoms with van der Waals surface area (Å²) in [5, 5.41) is 11.1. The molecule has 3 aromatic carbocycles. The van der Waals surface area contributed by atoms with Crippen molar-refractivity contribution in [3.05, 3.63) is 66.2 Å². The third kappa shape index (κ3) is 3.85. The Balaban J connectivity index is 1.81. The molecule has 0 heterocycles. The average molecular weight is 360 g/mol. The SMILES string of the molecule is CCN(C(=O)COc1ccc(C#N)cc1OC)c1cccc2ccccc12. The van der Waals surface area contributed by atoms with Gasteiger partial charge in [-0.1, -0.05) is 36.4 Å². The highest BCUT2D eigenvalue weighted by molar-refractivity contribution is 6.04. The van der Waals surface area contributed by atoms with Gasteiger partial charge in [-0.05, 0) is 30.5 Å². The Hall–Kier alpha value is -3.52. The molecule has 0 saturated heterocycles. The lowest BCUT2D eigenvalue weighted by atomic mass is 10.1. The molecular formula is C22H20N2O3. The van der Waals surface area contributed by atoms with Gasteiger partial charge in [0.05, 0.1) is 24.4 Å². The Bertz CT molecular complexity index is 1000. The molecule has 0 aliphatic rings. The lowest BCUT2D eigenvalue weighted by molar-refractivity contribution is -0.120. The standard InChI is InChI=1S/C22H20N2O3/c1-3-24(19-10-6-8-17-7-4-5-9-18(17)19)22(25)15-27-20-12-11-16(14-23)13-21(20)26-2/h4-13H,3,15H2,1-2H3. The van der Waals surface area contributed by atoms with Crippen LogP contribution in [0.15, 0.2) is 60.7 Å². The van der Waals surface area contributed by atoms with Crippen molar-refractivity contribution in [2.75, 3.05) is 25.2 Å². The van der Waals surface area contributed by atoms with Gasteiger partial charge in [0.25, 0.3) is 5.91 Å². The van der Waals surface area contributed by atoms with Gasteiger partial charge in [-0.2, -0.15) is 5.26 Å². The number of hydrogen-bond acceptors (Lipinski definition) is 4. The first-order valence-electron chi connectivity index (χ1n) is 8.67. The first kappa shape index (κ1) is 18.3. The molecule has 5 nitrogen and oxygen atoms in total.